The van der Waals surface area contributed by atoms with Crippen LogP contribution in [0.25, 0.3) is 11.0 Å². The van der Waals surface area contributed by atoms with Crippen molar-refractivity contribution in [2.45, 2.75) is 44.8 Å². The lowest BCUT2D eigenvalue weighted by Gasteiger charge is -2.19. The molecule has 1 fully saturated rings. The lowest BCUT2D eigenvalue weighted by molar-refractivity contribution is -0.117. The first kappa shape index (κ1) is 23.1. The fourth-order valence-corrected chi connectivity index (χ4v) is 4.74. The van der Waals surface area contributed by atoms with Crippen molar-refractivity contribution in [2.75, 3.05) is 18.1 Å². The van der Waals surface area contributed by atoms with Crippen LogP contribution in [-0.2, 0) is 11.3 Å². The third-order valence-corrected chi connectivity index (χ3v) is 6.62. The quantitative estimate of drug-likeness (QED) is 0.389. The fraction of sp³-hybridized carbons (Fsp3) is 0.310. The molecule has 35 heavy (non-hydrogen) atoms. The van der Waals surface area contributed by atoms with Crippen LogP contribution in [0.3, 0.4) is 0 Å². The summed E-state index contributed by atoms with van der Waals surface area (Å²) >= 11 is 0. The van der Waals surface area contributed by atoms with Crippen molar-refractivity contribution >= 4 is 22.6 Å². The maximum Gasteiger partial charge on any atom is 0.227 e. The Morgan fingerprint density at radius 1 is 1.00 bits per heavy atom. The average molecular weight is 470 g/mol. The highest BCUT2D eigenvalue weighted by atomic mass is 16.5. The van der Waals surface area contributed by atoms with Crippen LogP contribution in [0.2, 0.25) is 0 Å². The number of aliphatic hydroxyl groups is 1. The predicted octanol–water partition coefficient (Wildman–Crippen LogP) is 5.12. The molecule has 6 nitrogen and oxygen atoms in total. The molecule has 4 aromatic rings. The average Bonchev–Trinajstić information content (AvgIpc) is 3.44. The Balaban J connectivity index is 1.34. The second kappa shape index (κ2) is 9.92. The minimum atomic E-state index is -0.724. The van der Waals surface area contributed by atoms with Gasteiger partial charge >= 0.3 is 0 Å². The van der Waals surface area contributed by atoms with E-state index in [1.54, 1.807) is 0 Å². The molecule has 2 heterocycles. The molecule has 1 N–H and O–H groups in total. The van der Waals surface area contributed by atoms with Gasteiger partial charge in [-0.3, -0.25) is 4.79 Å². The number of anilines is 1. The summed E-state index contributed by atoms with van der Waals surface area (Å²) in [6.45, 7) is 5.40. The predicted molar refractivity (Wildman–Crippen MR) is 138 cm³/mol. The van der Waals surface area contributed by atoms with Crippen molar-refractivity contribution in [3.63, 3.8) is 0 Å². The highest BCUT2D eigenvalue weighted by Gasteiger charge is 2.35. The van der Waals surface area contributed by atoms with Crippen LogP contribution in [0.1, 0.15) is 43.5 Å². The van der Waals surface area contributed by atoms with Crippen LogP contribution in [0.5, 0.6) is 5.75 Å². The molecule has 180 valence electrons. The number of aromatic nitrogens is 2. The number of hydrogen-bond acceptors (Lipinski definition) is 4. The second-order valence-corrected chi connectivity index (χ2v) is 9.50. The highest BCUT2D eigenvalue weighted by Crippen LogP contribution is 2.33. The van der Waals surface area contributed by atoms with Gasteiger partial charge in [0.2, 0.25) is 5.91 Å². The zero-order valence-corrected chi connectivity index (χ0v) is 20.2. The van der Waals surface area contributed by atoms with Gasteiger partial charge in [-0.15, -0.1) is 0 Å². The molecule has 0 bridgehead atoms. The van der Waals surface area contributed by atoms with Crippen LogP contribution in [0, 0.1) is 0 Å². The van der Waals surface area contributed by atoms with Gasteiger partial charge in [0.15, 0.2) is 0 Å². The number of rotatable bonds is 8. The number of aliphatic hydroxyl groups excluding tert-OH is 1. The number of imidazole rings is 1. The number of hydrogen-bond donors (Lipinski definition) is 1. The Labute approximate surface area is 205 Å². The Bertz CT molecular complexity index is 1300. The number of fused-ring (bicyclic) bond motifs is 1. The molecule has 3 aromatic carbocycles. The van der Waals surface area contributed by atoms with E-state index in [0.717, 1.165) is 28.3 Å². The molecular weight excluding hydrogens is 438 g/mol. The summed E-state index contributed by atoms with van der Waals surface area (Å²) in [7, 11) is 0. The van der Waals surface area contributed by atoms with Crippen molar-refractivity contribution in [3.05, 3.63) is 90.3 Å². The number of nitrogens with zero attached hydrogens (tertiary/aromatic N) is 3. The molecule has 5 rings (SSSR count). The summed E-state index contributed by atoms with van der Waals surface area (Å²) < 4.78 is 7.93. The van der Waals surface area contributed by atoms with Gasteiger partial charge in [-0.05, 0) is 47.9 Å². The first-order chi connectivity index (χ1) is 17.0. The number of amides is 1. The Hall–Kier alpha value is -3.64. The normalized spacial score (nSPS) is 16.9. The summed E-state index contributed by atoms with van der Waals surface area (Å²) in [4.78, 5) is 19.6. The Morgan fingerprint density at radius 3 is 2.46 bits per heavy atom. The van der Waals surface area contributed by atoms with Gasteiger partial charge in [0.1, 0.15) is 24.3 Å². The van der Waals surface area contributed by atoms with Crippen LogP contribution in [0.15, 0.2) is 78.9 Å². The molecule has 6 heteroatoms. The van der Waals surface area contributed by atoms with Crippen LogP contribution in [0.4, 0.5) is 5.69 Å². The highest BCUT2D eigenvalue weighted by molar-refractivity contribution is 5.96. The lowest BCUT2D eigenvalue weighted by Crippen LogP contribution is -2.26. The largest absolute Gasteiger partial charge is 0.491 e. The third-order valence-electron chi connectivity index (χ3n) is 6.62. The zero-order valence-electron chi connectivity index (χ0n) is 20.2. The number of carbonyl (C=O) groups is 1. The SMILES string of the molecule is CC(C)c1ccc(OC[C@H](O)Cn2c([C@@H]3CC(=O)N(c4ccccc4)C3)nc3ccccc32)cc1. The van der Waals surface area contributed by atoms with Gasteiger partial charge in [0.05, 0.1) is 17.6 Å². The summed E-state index contributed by atoms with van der Waals surface area (Å²) in [5.74, 6) is 2.07. The first-order valence-corrected chi connectivity index (χ1v) is 12.2. The summed E-state index contributed by atoms with van der Waals surface area (Å²) in [6.07, 6.45) is -0.328. The van der Waals surface area contributed by atoms with Crippen molar-refractivity contribution < 1.29 is 14.6 Å². The van der Waals surface area contributed by atoms with Crippen molar-refractivity contribution in [1.29, 1.82) is 0 Å². The van der Waals surface area contributed by atoms with Crippen LogP contribution < -0.4 is 9.64 Å². The summed E-state index contributed by atoms with van der Waals surface area (Å²) in [5, 5.41) is 10.9. The van der Waals surface area contributed by atoms with E-state index in [1.165, 1.54) is 5.56 Å². The molecule has 1 aromatic heterocycles. The summed E-state index contributed by atoms with van der Waals surface area (Å²) in [6, 6.07) is 25.7. The number of benzene rings is 3. The molecule has 2 atom stereocenters. The molecule has 1 aliphatic heterocycles. The lowest BCUT2D eigenvalue weighted by atomic mass is 10.0. The second-order valence-electron chi connectivity index (χ2n) is 9.50. The van der Waals surface area contributed by atoms with Gasteiger partial charge in [-0.2, -0.15) is 0 Å². The topological polar surface area (TPSA) is 67.6 Å². The third kappa shape index (κ3) is 4.93. The molecular formula is C29H31N3O3. The molecule has 0 unspecified atom stereocenters. The van der Waals surface area contributed by atoms with E-state index >= 15 is 0 Å². The van der Waals surface area contributed by atoms with E-state index in [9.17, 15) is 9.90 Å². The Kier molecular flexibility index (Phi) is 6.55. The van der Waals surface area contributed by atoms with Gasteiger partial charge < -0.3 is 19.3 Å². The van der Waals surface area contributed by atoms with E-state index < -0.39 is 6.10 Å². The number of para-hydroxylation sites is 3. The molecule has 1 amide bonds. The van der Waals surface area contributed by atoms with E-state index in [0.29, 0.717) is 25.4 Å². The van der Waals surface area contributed by atoms with E-state index in [2.05, 4.69) is 30.5 Å². The fourth-order valence-electron chi connectivity index (χ4n) is 4.74. The molecule has 1 aliphatic rings. The van der Waals surface area contributed by atoms with E-state index in [4.69, 9.17) is 9.72 Å². The molecule has 0 saturated carbocycles. The van der Waals surface area contributed by atoms with Gasteiger partial charge in [-0.25, -0.2) is 4.98 Å². The molecule has 0 spiro atoms. The number of ether oxygens (including phenoxy) is 1. The monoisotopic (exact) mass is 469 g/mol. The molecule has 1 saturated heterocycles. The minimum Gasteiger partial charge on any atom is -0.491 e. The van der Waals surface area contributed by atoms with Crippen molar-refractivity contribution in [3.8, 4) is 5.75 Å². The Morgan fingerprint density at radius 2 is 1.71 bits per heavy atom. The maximum atomic E-state index is 12.9. The van der Waals surface area contributed by atoms with Crippen molar-refractivity contribution in [2.24, 2.45) is 0 Å². The number of carbonyl (C=O) groups excluding carboxylic acids is 1. The standard InChI is InChI=1S/C29H31N3O3/c1-20(2)21-12-14-25(15-13-21)35-19-24(33)18-32-27-11-7-6-10-26(27)30-29(32)22-16-28(34)31(17-22)23-8-4-3-5-9-23/h3-15,20,22,24,33H,16-19H2,1-2H3/t22-,24-/m1/s1. The van der Waals surface area contributed by atoms with Gasteiger partial charge in [0, 0.05) is 24.6 Å². The molecule has 0 radical (unpaired) electrons. The smallest absolute Gasteiger partial charge is 0.227 e. The van der Waals surface area contributed by atoms with Crippen LogP contribution in [-0.4, -0.2) is 39.8 Å². The van der Waals surface area contributed by atoms with E-state index in [-0.39, 0.29) is 18.4 Å². The summed E-state index contributed by atoms with van der Waals surface area (Å²) in [5.41, 5.74) is 3.97. The minimum absolute atomic E-state index is 0.0493. The van der Waals surface area contributed by atoms with Crippen molar-refractivity contribution in [1.82, 2.24) is 9.55 Å². The van der Waals surface area contributed by atoms with Gasteiger partial charge in [0.25, 0.3) is 0 Å². The first-order valence-electron chi connectivity index (χ1n) is 12.2. The van der Waals surface area contributed by atoms with Crippen LogP contribution >= 0.6 is 0 Å². The van der Waals surface area contributed by atoms with E-state index in [1.807, 2.05) is 71.6 Å². The van der Waals surface area contributed by atoms with Gasteiger partial charge in [-0.1, -0.05) is 56.3 Å². The molecule has 0 aliphatic carbocycles. The maximum absolute atomic E-state index is 12.9. The zero-order chi connectivity index (χ0) is 24.4.